The van der Waals surface area contributed by atoms with Gasteiger partial charge in [0.25, 0.3) is 0 Å². The van der Waals surface area contributed by atoms with Crippen molar-refractivity contribution in [2.75, 3.05) is 4.90 Å². The van der Waals surface area contributed by atoms with Crippen LogP contribution < -0.4 is 4.90 Å². The maximum Gasteiger partial charge on any atom is 0.237 e. The Morgan fingerprint density at radius 1 is 1.33 bits per heavy atom. The Balaban J connectivity index is 1.77. The molecule has 2 bridgehead atoms. The van der Waals surface area contributed by atoms with E-state index in [1.165, 1.54) is 6.07 Å². The molecule has 24 heavy (non-hydrogen) atoms. The first-order valence-corrected chi connectivity index (χ1v) is 9.09. The normalized spacial score (nSPS) is 33.7. The Morgan fingerprint density at radius 3 is 2.75 bits per heavy atom. The first-order valence-electron chi connectivity index (χ1n) is 9.09. The molecular formula is C21H26FNO. The summed E-state index contributed by atoms with van der Waals surface area (Å²) in [6.45, 7) is 10.9. The standard InChI is InChI=1S/C21H26FNO/c1-13-5-6-15-11-17(22)7-8-18(15)23(13)19(24)21-10-9-16(12-21)20(3,4)14(21)2/h7-8,11,13,16H,2,5-6,9-10,12H2,1,3-4H3. The van der Waals surface area contributed by atoms with Crippen LogP contribution in [0.15, 0.2) is 30.4 Å². The lowest BCUT2D eigenvalue weighted by Gasteiger charge is -2.43. The molecule has 2 fully saturated rings. The summed E-state index contributed by atoms with van der Waals surface area (Å²) >= 11 is 0. The summed E-state index contributed by atoms with van der Waals surface area (Å²) in [5.74, 6) is 0.531. The highest BCUT2D eigenvalue weighted by Gasteiger charge is 2.62. The van der Waals surface area contributed by atoms with Gasteiger partial charge in [0.1, 0.15) is 5.82 Å². The van der Waals surface area contributed by atoms with E-state index in [1.54, 1.807) is 12.1 Å². The molecule has 0 aromatic heterocycles. The van der Waals surface area contributed by atoms with Gasteiger partial charge in [-0.2, -0.15) is 0 Å². The zero-order chi connectivity index (χ0) is 17.3. The molecule has 0 N–H and O–H groups in total. The van der Waals surface area contributed by atoms with Gasteiger partial charge in [-0.15, -0.1) is 0 Å². The number of benzene rings is 1. The summed E-state index contributed by atoms with van der Waals surface area (Å²) in [6.07, 6.45) is 4.67. The van der Waals surface area contributed by atoms with Crippen molar-refractivity contribution >= 4 is 11.6 Å². The molecule has 3 aliphatic rings. The number of nitrogens with zero attached hydrogens (tertiary/aromatic N) is 1. The average Bonchev–Trinajstić information content (AvgIpc) is 3.07. The van der Waals surface area contributed by atoms with E-state index in [0.717, 1.165) is 48.9 Å². The number of rotatable bonds is 1. The first kappa shape index (κ1) is 15.9. The maximum absolute atomic E-state index is 13.7. The summed E-state index contributed by atoms with van der Waals surface area (Å²) in [5.41, 5.74) is 2.59. The summed E-state index contributed by atoms with van der Waals surface area (Å²) in [6, 6.07) is 4.99. The summed E-state index contributed by atoms with van der Waals surface area (Å²) < 4.78 is 13.6. The second kappa shape index (κ2) is 4.93. The number of hydrogen-bond acceptors (Lipinski definition) is 1. The maximum atomic E-state index is 13.7. The van der Waals surface area contributed by atoms with Crippen LogP contribution in [0.3, 0.4) is 0 Å². The monoisotopic (exact) mass is 327 g/mol. The third-order valence-electron chi connectivity index (χ3n) is 7.09. The van der Waals surface area contributed by atoms with Crippen LogP contribution in [0.1, 0.15) is 52.0 Å². The van der Waals surface area contributed by atoms with Gasteiger partial charge < -0.3 is 4.90 Å². The van der Waals surface area contributed by atoms with Crippen LogP contribution in [0, 0.1) is 22.6 Å². The van der Waals surface area contributed by atoms with Crippen LogP contribution >= 0.6 is 0 Å². The smallest absolute Gasteiger partial charge is 0.237 e. The molecule has 0 radical (unpaired) electrons. The molecule has 1 aromatic rings. The van der Waals surface area contributed by atoms with E-state index in [4.69, 9.17) is 0 Å². The Bertz CT molecular complexity index is 737. The predicted molar refractivity (Wildman–Crippen MR) is 94.4 cm³/mol. The highest BCUT2D eigenvalue weighted by molar-refractivity contribution is 6.02. The van der Waals surface area contributed by atoms with Crippen LogP contribution in [0.5, 0.6) is 0 Å². The van der Waals surface area contributed by atoms with Gasteiger partial charge in [0.15, 0.2) is 0 Å². The van der Waals surface area contributed by atoms with E-state index < -0.39 is 5.41 Å². The minimum atomic E-state index is -0.411. The van der Waals surface area contributed by atoms with Crippen molar-refractivity contribution < 1.29 is 9.18 Å². The fourth-order valence-electron chi connectivity index (χ4n) is 5.38. The van der Waals surface area contributed by atoms with E-state index >= 15 is 0 Å². The van der Waals surface area contributed by atoms with Crippen molar-refractivity contribution in [2.45, 2.75) is 58.9 Å². The summed E-state index contributed by atoms with van der Waals surface area (Å²) in [4.78, 5) is 15.7. The van der Waals surface area contributed by atoms with E-state index in [-0.39, 0.29) is 23.2 Å². The van der Waals surface area contributed by atoms with Crippen LogP contribution in [0.25, 0.3) is 0 Å². The number of amides is 1. The fourth-order valence-corrected chi connectivity index (χ4v) is 5.38. The summed E-state index contributed by atoms with van der Waals surface area (Å²) in [5, 5.41) is 0. The minimum absolute atomic E-state index is 0.0402. The largest absolute Gasteiger partial charge is 0.309 e. The first-order chi connectivity index (χ1) is 11.3. The zero-order valence-electron chi connectivity index (χ0n) is 14.9. The number of halogens is 1. The number of carbonyl (C=O) groups is 1. The molecule has 1 heterocycles. The molecule has 128 valence electrons. The van der Waals surface area contributed by atoms with Crippen molar-refractivity contribution in [1.82, 2.24) is 0 Å². The predicted octanol–water partition coefficient (Wildman–Crippen LogP) is 4.88. The van der Waals surface area contributed by atoms with Crippen molar-refractivity contribution in [3.8, 4) is 0 Å². The van der Waals surface area contributed by atoms with Gasteiger partial charge in [-0.1, -0.05) is 26.0 Å². The van der Waals surface area contributed by atoms with Gasteiger partial charge in [-0.05, 0) is 74.1 Å². The van der Waals surface area contributed by atoms with Crippen molar-refractivity contribution in [1.29, 1.82) is 0 Å². The van der Waals surface area contributed by atoms with Crippen LogP contribution in [0.4, 0.5) is 10.1 Å². The van der Waals surface area contributed by atoms with Crippen molar-refractivity contribution in [3.63, 3.8) is 0 Å². The molecule has 3 unspecified atom stereocenters. The zero-order valence-corrected chi connectivity index (χ0v) is 14.9. The SMILES string of the molecule is C=C1C2(C(=O)N3c4ccc(F)cc4CCC3C)CCC(C2)C1(C)C. The van der Waals surface area contributed by atoms with Gasteiger partial charge >= 0.3 is 0 Å². The number of fused-ring (bicyclic) bond motifs is 3. The van der Waals surface area contributed by atoms with E-state index in [2.05, 4.69) is 27.4 Å². The molecule has 2 nitrogen and oxygen atoms in total. The van der Waals surface area contributed by atoms with Gasteiger partial charge in [0.05, 0.1) is 5.41 Å². The molecule has 0 spiro atoms. The molecule has 3 heteroatoms. The average molecular weight is 327 g/mol. The molecule has 2 aliphatic carbocycles. The number of anilines is 1. The second-order valence-corrected chi connectivity index (χ2v) is 8.56. The van der Waals surface area contributed by atoms with E-state index in [9.17, 15) is 9.18 Å². The topological polar surface area (TPSA) is 20.3 Å². The number of hydrogen-bond donors (Lipinski definition) is 0. The van der Waals surface area contributed by atoms with Gasteiger partial charge in [-0.25, -0.2) is 4.39 Å². The van der Waals surface area contributed by atoms with Crippen LogP contribution in [0.2, 0.25) is 0 Å². The van der Waals surface area contributed by atoms with E-state index in [1.807, 2.05) is 4.90 Å². The highest BCUT2D eigenvalue weighted by atomic mass is 19.1. The van der Waals surface area contributed by atoms with Gasteiger partial charge in [0.2, 0.25) is 5.91 Å². The molecule has 1 aliphatic heterocycles. The lowest BCUT2D eigenvalue weighted by molar-refractivity contribution is -0.126. The second-order valence-electron chi connectivity index (χ2n) is 8.56. The Labute approximate surface area is 143 Å². The molecule has 0 saturated heterocycles. The third-order valence-corrected chi connectivity index (χ3v) is 7.09. The van der Waals surface area contributed by atoms with Crippen molar-refractivity contribution in [3.05, 3.63) is 41.7 Å². The third kappa shape index (κ3) is 1.90. The number of aryl methyl sites for hydroxylation is 1. The lowest BCUT2D eigenvalue weighted by atomic mass is 9.67. The molecular weight excluding hydrogens is 301 g/mol. The molecule has 2 saturated carbocycles. The number of carbonyl (C=O) groups excluding carboxylic acids is 1. The molecule has 4 rings (SSSR count). The molecule has 3 atom stereocenters. The van der Waals surface area contributed by atoms with Gasteiger partial charge in [0, 0.05) is 11.7 Å². The molecule has 1 aromatic carbocycles. The van der Waals surface area contributed by atoms with E-state index in [0.29, 0.717) is 5.92 Å². The quantitative estimate of drug-likeness (QED) is 0.674. The Morgan fingerprint density at radius 2 is 2.08 bits per heavy atom. The fraction of sp³-hybridized carbons (Fsp3) is 0.571. The lowest BCUT2D eigenvalue weighted by Crippen LogP contribution is -2.50. The molecule has 1 amide bonds. The van der Waals surface area contributed by atoms with Crippen LogP contribution in [-0.2, 0) is 11.2 Å². The summed E-state index contributed by atoms with van der Waals surface area (Å²) in [7, 11) is 0. The van der Waals surface area contributed by atoms with Gasteiger partial charge in [-0.3, -0.25) is 4.79 Å². The Kier molecular flexibility index (Phi) is 3.26. The van der Waals surface area contributed by atoms with Crippen molar-refractivity contribution in [2.24, 2.45) is 16.7 Å². The Hall–Kier alpha value is -1.64. The minimum Gasteiger partial charge on any atom is -0.309 e. The highest BCUT2D eigenvalue weighted by Crippen LogP contribution is 2.66. The van der Waals surface area contributed by atoms with Crippen LogP contribution in [-0.4, -0.2) is 11.9 Å².